The topological polar surface area (TPSA) is 134 Å². The molecule has 0 saturated carbocycles. The first kappa shape index (κ1) is 49.8. The lowest BCUT2D eigenvalue weighted by molar-refractivity contribution is -0.161. The van der Waals surface area contributed by atoms with Crippen LogP contribution in [0.15, 0.2) is 12.2 Å². The highest BCUT2D eigenvalue weighted by Gasteiger charge is 2.26. The van der Waals surface area contributed by atoms with Gasteiger partial charge in [-0.25, -0.2) is 4.57 Å². The summed E-state index contributed by atoms with van der Waals surface area (Å²) >= 11 is 0. The van der Waals surface area contributed by atoms with Crippen molar-refractivity contribution in [2.24, 2.45) is 5.73 Å². The number of carbonyl (C=O) groups excluding carboxylic acids is 2. The lowest BCUT2D eigenvalue weighted by Crippen LogP contribution is -2.29. The van der Waals surface area contributed by atoms with E-state index in [1.54, 1.807) is 0 Å². The summed E-state index contributed by atoms with van der Waals surface area (Å²) in [5.41, 5.74) is 5.34. The van der Waals surface area contributed by atoms with E-state index in [1.165, 1.54) is 122 Å². The van der Waals surface area contributed by atoms with Crippen LogP contribution in [-0.4, -0.2) is 49.3 Å². The average Bonchev–Trinajstić information content (AvgIpc) is 3.11. The van der Waals surface area contributed by atoms with Gasteiger partial charge in [0.2, 0.25) is 0 Å². The van der Waals surface area contributed by atoms with Crippen molar-refractivity contribution < 1.29 is 37.6 Å². The highest BCUT2D eigenvalue weighted by atomic mass is 31.2. The number of esters is 2. The summed E-state index contributed by atoms with van der Waals surface area (Å²) in [4.78, 5) is 34.8. The third-order valence-electron chi connectivity index (χ3n) is 9.15. The Hall–Kier alpha value is -1.25. The van der Waals surface area contributed by atoms with Gasteiger partial charge < -0.3 is 20.1 Å². The van der Waals surface area contributed by atoms with E-state index in [0.29, 0.717) is 6.42 Å². The van der Waals surface area contributed by atoms with Crippen LogP contribution in [0.3, 0.4) is 0 Å². The molecule has 0 heterocycles. The minimum atomic E-state index is -4.37. The first-order valence-electron chi connectivity index (χ1n) is 21.2. The molecule has 0 bridgehead atoms. The van der Waals surface area contributed by atoms with E-state index in [-0.39, 0.29) is 38.6 Å². The quantitative estimate of drug-likeness (QED) is 0.0272. The molecule has 0 spiro atoms. The molecule has 0 amide bonds. The third kappa shape index (κ3) is 38.3. The Balaban J connectivity index is 4.13. The molecule has 0 aromatic rings. The maximum atomic E-state index is 12.6. The first-order chi connectivity index (χ1) is 24.8. The van der Waals surface area contributed by atoms with Gasteiger partial charge in [0.15, 0.2) is 6.10 Å². The van der Waals surface area contributed by atoms with E-state index >= 15 is 0 Å². The summed E-state index contributed by atoms with van der Waals surface area (Å²) in [6.45, 7) is 3.73. The number of phosphoric ester groups is 1. The predicted octanol–water partition coefficient (Wildman–Crippen LogP) is 11.8. The van der Waals surface area contributed by atoms with Gasteiger partial charge in [-0.2, -0.15) is 0 Å². The Morgan fingerprint density at radius 3 is 1.41 bits per heavy atom. The van der Waals surface area contributed by atoms with E-state index in [0.717, 1.165) is 51.4 Å². The molecular weight excluding hydrogens is 665 g/mol. The lowest BCUT2D eigenvalue weighted by atomic mass is 10.0. The number of hydrogen-bond donors (Lipinski definition) is 2. The molecule has 9 nitrogen and oxygen atoms in total. The summed E-state index contributed by atoms with van der Waals surface area (Å²) < 4.78 is 32.7. The molecule has 3 N–H and O–H groups in total. The molecule has 0 aliphatic heterocycles. The van der Waals surface area contributed by atoms with Gasteiger partial charge in [0.05, 0.1) is 13.2 Å². The normalized spacial score (nSPS) is 13.4. The van der Waals surface area contributed by atoms with Gasteiger partial charge in [0.1, 0.15) is 6.61 Å². The van der Waals surface area contributed by atoms with E-state index < -0.39 is 26.5 Å². The predicted molar refractivity (Wildman–Crippen MR) is 211 cm³/mol. The smallest absolute Gasteiger partial charge is 0.462 e. The van der Waals surface area contributed by atoms with Gasteiger partial charge in [-0.05, 0) is 38.5 Å². The molecule has 0 rings (SSSR count). The van der Waals surface area contributed by atoms with E-state index in [4.69, 9.17) is 24.3 Å². The molecule has 0 aliphatic carbocycles. The van der Waals surface area contributed by atoms with Crippen LogP contribution in [0.25, 0.3) is 0 Å². The van der Waals surface area contributed by atoms with Crippen molar-refractivity contribution in [1.82, 2.24) is 0 Å². The summed E-state index contributed by atoms with van der Waals surface area (Å²) in [5.74, 6) is -0.829. The van der Waals surface area contributed by atoms with Gasteiger partial charge in [0.25, 0.3) is 0 Å². The zero-order chi connectivity index (χ0) is 37.5. The van der Waals surface area contributed by atoms with E-state index in [2.05, 4.69) is 26.0 Å². The largest absolute Gasteiger partial charge is 0.472 e. The Kier molecular flexibility index (Phi) is 37.5. The molecule has 0 fully saturated rings. The molecule has 0 aromatic carbocycles. The number of rotatable bonds is 40. The third-order valence-corrected chi connectivity index (χ3v) is 10.1. The van der Waals surface area contributed by atoms with Crippen molar-refractivity contribution in [2.45, 2.75) is 213 Å². The second-order valence-corrected chi connectivity index (χ2v) is 15.7. The van der Waals surface area contributed by atoms with Crippen molar-refractivity contribution in [2.75, 3.05) is 26.4 Å². The number of unbranched alkanes of at least 4 members (excludes halogenated alkanes) is 25. The molecule has 2 atom stereocenters. The van der Waals surface area contributed by atoms with Gasteiger partial charge >= 0.3 is 19.8 Å². The van der Waals surface area contributed by atoms with Gasteiger partial charge in [-0.15, -0.1) is 0 Å². The Labute approximate surface area is 313 Å². The van der Waals surface area contributed by atoms with Crippen LogP contribution < -0.4 is 5.73 Å². The van der Waals surface area contributed by atoms with Crippen LogP contribution in [0, 0.1) is 0 Å². The lowest BCUT2D eigenvalue weighted by Gasteiger charge is -2.19. The number of hydrogen-bond acceptors (Lipinski definition) is 8. The van der Waals surface area contributed by atoms with E-state index in [9.17, 15) is 19.0 Å². The number of allylic oxidation sites excluding steroid dienone is 2. The SMILES string of the molecule is CCCCCC/C=C\CCCCCCCC(=O)OC[C@H](COP(=O)(O)OCCN)OC(=O)CCCCCCCCCCCCCCCCCCC. The second-order valence-electron chi connectivity index (χ2n) is 14.2. The molecule has 0 radical (unpaired) electrons. The minimum Gasteiger partial charge on any atom is -0.462 e. The Bertz CT molecular complexity index is 856. The molecule has 51 heavy (non-hydrogen) atoms. The maximum Gasteiger partial charge on any atom is 0.472 e. The van der Waals surface area contributed by atoms with Crippen LogP contribution in [0.4, 0.5) is 0 Å². The fourth-order valence-corrected chi connectivity index (χ4v) is 6.75. The fourth-order valence-electron chi connectivity index (χ4n) is 5.98. The molecule has 302 valence electrons. The summed E-state index contributed by atoms with van der Waals surface area (Å²) in [6.07, 6.45) is 38.1. The maximum absolute atomic E-state index is 12.6. The fraction of sp³-hybridized carbons (Fsp3) is 0.902. The zero-order valence-electron chi connectivity index (χ0n) is 33.1. The monoisotopic (exact) mass is 746 g/mol. The van der Waals surface area contributed by atoms with Crippen LogP contribution >= 0.6 is 7.82 Å². The van der Waals surface area contributed by atoms with E-state index in [1.807, 2.05) is 0 Å². The van der Waals surface area contributed by atoms with Gasteiger partial charge in [-0.3, -0.25) is 18.6 Å². The van der Waals surface area contributed by atoms with Crippen molar-refractivity contribution in [3.05, 3.63) is 12.2 Å². The molecular formula is C41H80NO8P. The van der Waals surface area contributed by atoms with Crippen LogP contribution in [0.2, 0.25) is 0 Å². The van der Waals surface area contributed by atoms with Crippen LogP contribution in [0.1, 0.15) is 206 Å². The average molecular weight is 746 g/mol. The Morgan fingerprint density at radius 1 is 0.569 bits per heavy atom. The van der Waals surface area contributed by atoms with Crippen molar-refractivity contribution in [3.63, 3.8) is 0 Å². The summed E-state index contributed by atoms with van der Waals surface area (Å²) in [7, 11) is -4.37. The standard InChI is InChI=1S/C41H80NO8P/c1-3-5-7-9-11-13-15-17-18-19-20-22-24-26-28-30-32-34-41(44)50-39(38-49-51(45,46)48-36-35-42)37-47-40(43)33-31-29-27-25-23-21-16-14-12-10-8-6-4-2/h14,16,39H,3-13,15,17-38,42H2,1-2H3,(H,45,46)/b16-14-/t39-/m1/s1. The number of carbonyl (C=O) groups is 2. The van der Waals surface area contributed by atoms with Crippen molar-refractivity contribution in [1.29, 1.82) is 0 Å². The molecule has 10 heteroatoms. The summed E-state index contributed by atoms with van der Waals surface area (Å²) in [5, 5.41) is 0. The number of phosphoric acid groups is 1. The van der Waals surface area contributed by atoms with Crippen molar-refractivity contribution in [3.8, 4) is 0 Å². The van der Waals surface area contributed by atoms with Crippen LogP contribution in [0.5, 0.6) is 0 Å². The summed E-state index contributed by atoms with van der Waals surface area (Å²) in [6, 6.07) is 0. The minimum absolute atomic E-state index is 0.0551. The van der Waals surface area contributed by atoms with Crippen molar-refractivity contribution >= 4 is 19.8 Å². The number of nitrogens with two attached hydrogens (primary N) is 1. The zero-order valence-corrected chi connectivity index (χ0v) is 34.0. The molecule has 0 aromatic heterocycles. The second kappa shape index (κ2) is 38.5. The first-order valence-corrected chi connectivity index (χ1v) is 22.7. The number of ether oxygens (including phenoxy) is 2. The highest BCUT2D eigenvalue weighted by molar-refractivity contribution is 7.47. The molecule has 0 saturated heterocycles. The van der Waals surface area contributed by atoms with Gasteiger partial charge in [0, 0.05) is 19.4 Å². The van der Waals surface area contributed by atoms with Crippen LogP contribution in [-0.2, 0) is 32.7 Å². The highest BCUT2D eigenvalue weighted by Crippen LogP contribution is 2.43. The Morgan fingerprint density at radius 2 is 0.961 bits per heavy atom. The molecule has 0 aliphatic rings. The molecule has 1 unspecified atom stereocenters. The van der Waals surface area contributed by atoms with Gasteiger partial charge in [-0.1, -0.05) is 167 Å².